The summed E-state index contributed by atoms with van der Waals surface area (Å²) >= 11 is 0. The Balaban J connectivity index is 1.62. The first-order valence-electron chi connectivity index (χ1n) is 11.2. The molecule has 1 atom stereocenters. The van der Waals surface area contributed by atoms with Crippen LogP contribution in [-0.4, -0.2) is 77.6 Å². The van der Waals surface area contributed by atoms with Gasteiger partial charge in [-0.15, -0.1) is 0 Å². The molecule has 7 heteroatoms. The number of halogens is 1. The zero-order chi connectivity index (χ0) is 21.3. The average molecular weight is 418 g/mol. The molecule has 4 rings (SSSR count). The fourth-order valence-corrected chi connectivity index (χ4v) is 5.03. The Hall–Kier alpha value is -1.99. The molecular formula is C23H32FN3O3. The van der Waals surface area contributed by atoms with Crippen LogP contribution in [0.25, 0.3) is 0 Å². The van der Waals surface area contributed by atoms with E-state index in [4.69, 9.17) is 4.74 Å². The lowest BCUT2D eigenvalue weighted by atomic mass is 9.83. The number of nitrogens with zero attached hydrogens (tertiary/aromatic N) is 3. The van der Waals surface area contributed by atoms with Crippen molar-refractivity contribution in [2.75, 3.05) is 39.3 Å². The van der Waals surface area contributed by atoms with Gasteiger partial charge in [-0.3, -0.25) is 14.5 Å². The van der Waals surface area contributed by atoms with Crippen molar-refractivity contribution in [3.05, 3.63) is 35.6 Å². The number of benzene rings is 1. The standard InChI is InChI=1S/C23H32FN3O3/c1-3-25-12-14-26(15-13-25)22(29)20-16-30-23(10-8-17(2)9-11-23)27(20)21(28)18-6-4-5-7-19(18)24/h4-7,17,20H,3,8-16H2,1-2H3/t17?,20-,23?/m1/s1. The first kappa shape index (κ1) is 21.2. The van der Waals surface area contributed by atoms with Gasteiger partial charge in [0, 0.05) is 26.2 Å². The summed E-state index contributed by atoms with van der Waals surface area (Å²) in [5.41, 5.74) is -0.799. The summed E-state index contributed by atoms with van der Waals surface area (Å²) in [5.74, 6) is -0.519. The third kappa shape index (κ3) is 3.85. The van der Waals surface area contributed by atoms with Crippen LogP contribution in [0.1, 0.15) is 49.9 Å². The van der Waals surface area contributed by atoms with Crippen LogP contribution in [-0.2, 0) is 9.53 Å². The Labute approximate surface area is 177 Å². The lowest BCUT2D eigenvalue weighted by molar-refractivity contribution is -0.139. The predicted octanol–water partition coefficient (Wildman–Crippen LogP) is 2.74. The van der Waals surface area contributed by atoms with Gasteiger partial charge in [0.25, 0.3) is 5.91 Å². The zero-order valence-corrected chi connectivity index (χ0v) is 18.0. The van der Waals surface area contributed by atoms with Crippen LogP contribution in [0.2, 0.25) is 0 Å². The molecule has 2 amide bonds. The van der Waals surface area contributed by atoms with Crippen molar-refractivity contribution in [2.24, 2.45) is 5.92 Å². The average Bonchev–Trinajstić information content (AvgIpc) is 3.14. The van der Waals surface area contributed by atoms with E-state index in [0.717, 1.165) is 32.5 Å². The normalized spacial score (nSPS) is 30.1. The lowest BCUT2D eigenvalue weighted by Gasteiger charge is -2.44. The Bertz CT molecular complexity index is 786. The van der Waals surface area contributed by atoms with E-state index in [1.807, 2.05) is 4.90 Å². The van der Waals surface area contributed by atoms with Crippen molar-refractivity contribution in [3.8, 4) is 0 Å². The highest BCUT2D eigenvalue weighted by atomic mass is 19.1. The highest BCUT2D eigenvalue weighted by Gasteiger charge is 2.54. The van der Waals surface area contributed by atoms with Gasteiger partial charge in [-0.1, -0.05) is 26.0 Å². The largest absolute Gasteiger partial charge is 0.353 e. The number of rotatable bonds is 3. The summed E-state index contributed by atoms with van der Waals surface area (Å²) in [5, 5.41) is 0. The topological polar surface area (TPSA) is 53.1 Å². The molecule has 0 N–H and O–H groups in total. The molecule has 1 aliphatic carbocycles. The Morgan fingerprint density at radius 2 is 1.80 bits per heavy atom. The number of hydrogen-bond acceptors (Lipinski definition) is 4. The molecule has 1 aromatic carbocycles. The monoisotopic (exact) mass is 417 g/mol. The van der Waals surface area contributed by atoms with Gasteiger partial charge in [-0.05, 0) is 50.3 Å². The van der Waals surface area contributed by atoms with E-state index in [1.165, 1.54) is 12.1 Å². The molecule has 2 heterocycles. The first-order chi connectivity index (χ1) is 14.4. The van der Waals surface area contributed by atoms with Crippen LogP contribution in [0.4, 0.5) is 4.39 Å². The van der Waals surface area contributed by atoms with E-state index in [1.54, 1.807) is 17.0 Å². The van der Waals surface area contributed by atoms with Gasteiger partial charge in [0.05, 0.1) is 12.2 Å². The molecule has 6 nitrogen and oxygen atoms in total. The summed E-state index contributed by atoms with van der Waals surface area (Å²) in [6.07, 6.45) is 3.22. The Morgan fingerprint density at radius 3 is 2.43 bits per heavy atom. The molecule has 1 aromatic rings. The van der Waals surface area contributed by atoms with Crippen LogP contribution in [0, 0.1) is 11.7 Å². The fourth-order valence-electron chi connectivity index (χ4n) is 5.03. The summed E-state index contributed by atoms with van der Waals surface area (Å²) < 4.78 is 20.7. The van der Waals surface area contributed by atoms with Crippen molar-refractivity contribution in [1.29, 1.82) is 0 Å². The predicted molar refractivity (Wildman–Crippen MR) is 111 cm³/mol. The summed E-state index contributed by atoms with van der Waals surface area (Å²) in [4.78, 5) is 32.7. The summed E-state index contributed by atoms with van der Waals surface area (Å²) in [6, 6.07) is 5.32. The van der Waals surface area contributed by atoms with Crippen LogP contribution >= 0.6 is 0 Å². The van der Waals surface area contributed by atoms with Crippen molar-refractivity contribution >= 4 is 11.8 Å². The molecule has 1 saturated carbocycles. The molecule has 0 unspecified atom stereocenters. The molecular weight excluding hydrogens is 385 g/mol. The van der Waals surface area contributed by atoms with Gasteiger partial charge in [-0.2, -0.15) is 0 Å². The maximum absolute atomic E-state index is 14.5. The minimum Gasteiger partial charge on any atom is -0.353 e. The highest BCUT2D eigenvalue weighted by Crippen LogP contribution is 2.43. The minimum absolute atomic E-state index is 0.00889. The molecule has 3 fully saturated rings. The second-order valence-corrected chi connectivity index (χ2v) is 8.87. The molecule has 30 heavy (non-hydrogen) atoms. The third-order valence-electron chi connectivity index (χ3n) is 7.06. The van der Waals surface area contributed by atoms with E-state index >= 15 is 0 Å². The summed E-state index contributed by atoms with van der Waals surface area (Å²) in [6.45, 7) is 8.42. The maximum Gasteiger partial charge on any atom is 0.259 e. The van der Waals surface area contributed by atoms with Gasteiger partial charge < -0.3 is 14.5 Å². The minimum atomic E-state index is -0.808. The quantitative estimate of drug-likeness (QED) is 0.759. The smallest absolute Gasteiger partial charge is 0.259 e. The van der Waals surface area contributed by atoms with E-state index in [-0.39, 0.29) is 18.1 Å². The van der Waals surface area contributed by atoms with E-state index in [2.05, 4.69) is 18.7 Å². The number of likely N-dealkylation sites (N-methyl/N-ethyl adjacent to an activating group) is 1. The van der Waals surface area contributed by atoms with Crippen molar-refractivity contribution in [3.63, 3.8) is 0 Å². The van der Waals surface area contributed by atoms with Gasteiger partial charge in [0.1, 0.15) is 17.6 Å². The second kappa shape index (κ2) is 8.63. The zero-order valence-electron chi connectivity index (χ0n) is 18.0. The molecule has 2 saturated heterocycles. The lowest BCUT2D eigenvalue weighted by Crippen LogP contribution is -2.59. The van der Waals surface area contributed by atoms with E-state index in [9.17, 15) is 14.0 Å². The van der Waals surface area contributed by atoms with E-state index in [0.29, 0.717) is 31.8 Å². The number of ether oxygens (including phenoxy) is 1. The van der Waals surface area contributed by atoms with Gasteiger partial charge >= 0.3 is 0 Å². The number of hydrogen-bond donors (Lipinski definition) is 0. The number of carbonyl (C=O) groups excluding carboxylic acids is 2. The Kier molecular flexibility index (Phi) is 6.11. The molecule has 1 spiro atoms. The van der Waals surface area contributed by atoms with E-state index < -0.39 is 23.5 Å². The fraction of sp³-hybridized carbons (Fsp3) is 0.652. The van der Waals surface area contributed by atoms with Gasteiger partial charge in [-0.25, -0.2) is 4.39 Å². The molecule has 164 valence electrons. The third-order valence-corrected chi connectivity index (χ3v) is 7.06. The van der Waals surface area contributed by atoms with Crippen molar-refractivity contribution in [1.82, 2.24) is 14.7 Å². The van der Waals surface area contributed by atoms with Crippen LogP contribution in [0.15, 0.2) is 24.3 Å². The SMILES string of the molecule is CCN1CCN(C(=O)[C@H]2COC3(CCC(C)CC3)N2C(=O)c2ccccc2F)CC1. The van der Waals surface area contributed by atoms with Crippen molar-refractivity contribution < 1.29 is 18.7 Å². The number of amides is 2. The number of carbonyl (C=O) groups is 2. The first-order valence-corrected chi connectivity index (χ1v) is 11.2. The number of piperazine rings is 1. The van der Waals surface area contributed by atoms with Crippen LogP contribution in [0.5, 0.6) is 0 Å². The van der Waals surface area contributed by atoms with Crippen LogP contribution < -0.4 is 0 Å². The van der Waals surface area contributed by atoms with Gasteiger partial charge in [0.2, 0.25) is 5.91 Å². The maximum atomic E-state index is 14.5. The molecule has 0 aromatic heterocycles. The second-order valence-electron chi connectivity index (χ2n) is 8.87. The molecule has 2 aliphatic heterocycles. The summed E-state index contributed by atoms with van der Waals surface area (Å²) in [7, 11) is 0. The molecule has 3 aliphatic rings. The molecule has 0 bridgehead atoms. The van der Waals surface area contributed by atoms with Crippen LogP contribution in [0.3, 0.4) is 0 Å². The van der Waals surface area contributed by atoms with Crippen molar-refractivity contribution in [2.45, 2.75) is 51.3 Å². The Morgan fingerprint density at radius 1 is 1.13 bits per heavy atom. The van der Waals surface area contributed by atoms with Gasteiger partial charge in [0.15, 0.2) is 0 Å². The highest BCUT2D eigenvalue weighted by molar-refractivity contribution is 5.98. The molecule has 0 radical (unpaired) electrons.